The highest BCUT2D eigenvalue weighted by Crippen LogP contribution is 2.21. The third kappa shape index (κ3) is 4.67. The zero-order valence-corrected chi connectivity index (χ0v) is 15.2. The Balaban J connectivity index is 1.60. The summed E-state index contributed by atoms with van der Waals surface area (Å²) in [7, 11) is 0. The van der Waals surface area contributed by atoms with Crippen molar-refractivity contribution in [2.45, 2.75) is 13.5 Å². The molecule has 25 heavy (non-hydrogen) atoms. The number of carbonyl (C=O) groups excluding carboxylic acids is 1. The minimum absolute atomic E-state index is 0.0751. The number of aromatic nitrogens is 1. The summed E-state index contributed by atoms with van der Waals surface area (Å²) in [5, 5.41) is 0. The minimum Gasteiger partial charge on any atom is -0.456 e. The summed E-state index contributed by atoms with van der Waals surface area (Å²) in [5.41, 5.74) is 2.42. The van der Waals surface area contributed by atoms with E-state index in [4.69, 9.17) is 9.15 Å². The summed E-state index contributed by atoms with van der Waals surface area (Å²) < 4.78 is 11.9. The fraction of sp³-hybridized carbons (Fsp3) is 0.100. The van der Waals surface area contributed by atoms with Crippen molar-refractivity contribution in [3.63, 3.8) is 0 Å². The first kappa shape index (κ1) is 17.2. The third-order valence-electron chi connectivity index (χ3n) is 3.55. The molecular formula is C20H16BrNO3. The van der Waals surface area contributed by atoms with Gasteiger partial charge in [0.15, 0.2) is 0 Å². The van der Waals surface area contributed by atoms with Crippen molar-refractivity contribution in [3.05, 3.63) is 82.2 Å². The van der Waals surface area contributed by atoms with Crippen molar-refractivity contribution in [1.82, 2.24) is 4.98 Å². The van der Waals surface area contributed by atoms with Crippen LogP contribution in [-0.2, 0) is 16.1 Å². The molecular weight excluding hydrogens is 382 g/mol. The zero-order chi connectivity index (χ0) is 17.6. The van der Waals surface area contributed by atoms with Gasteiger partial charge in [0.05, 0.1) is 0 Å². The topological polar surface area (TPSA) is 52.3 Å². The first-order chi connectivity index (χ1) is 12.1. The Hall–Kier alpha value is -2.66. The average molecular weight is 398 g/mol. The van der Waals surface area contributed by atoms with Gasteiger partial charge in [-0.1, -0.05) is 46.3 Å². The van der Waals surface area contributed by atoms with Gasteiger partial charge in [0.1, 0.15) is 18.1 Å². The summed E-state index contributed by atoms with van der Waals surface area (Å²) in [6.45, 7) is 1.88. The van der Waals surface area contributed by atoms with E-state index in [-0.39, 0.29) is 6.61 Å². The molecule has 0 fully saturated rings. The van der Waals surface area contributed by atoms with E-state index < -0.39 is 5.97 Å². The number of esters is 1. The molecule has 126 valence electrons. The molecule has 0 aliphatic rings. The normalized spacial score (nSPS) is 11.0. The molecule has 3 aromatic rings. The Morgan fingerprint density at radius 3 is 2.60 bits per heavy atom. The molecule has 0 amide bonds. The van der Waals surface area contributed by atoms with Gasteiger partial charge in [-0.2, -0.15) is 0 Å². The van der Waals surface area contributed by atoms with Crippen molar-refractivity contribution in [3.8, 4) is 11.5 Å². The number of carbonyl (C=O) groups is 1. The van der Waals surface area contributed by atoms with E-state index in [1.165, 1.54) is 6.08 Å². The monoisotopic (exact) mass is 397 g/mol. The van der Waals surface area contributed by atoms with Gasteiger partial charge in [0.25, 0.3) is 0 Å². The second kappa shape index (κ2) is 7.94. The van der Waals surface area contributed by atoms with Crippen LogP contribution in [0.15, 0.2) is 69.6 Å². The van der Waals surface area contributed by atoms with E-state index >= 15 is 0 Å². The molecule has 0 saturated heterocycles. The van der Waals surface area contributed by atoms with Gasteiger partial charge in [-0.25, -0.2) is 9.78 Å². The number of oxazole rings is 1. The molecule has 0 spiro atoms. The summed E-state index contributed by atoms with van der Waals surface area (Å²) in [6, 6.07) is 17.2. The van der Waals surface area contributed by atoms with Crippen molar-refractivity contribution in [2.24, 2.45) is 0 Å². The Morgan fingerprint density at radius 2 is 1.88 bits per heavy atom. The number of aryl methyl sites for hydroxylation is 1. The van der Waals surface area contributed by atoms with E-state index in [0.717, 1.165) is 15.6 Å². The van der Waals surface area contributed by atoms with Gasteiger partial charge in [-0.3, -0.25) is 0 Å². The van der Waals surface area contributed by atoms with Crippen LogP contribution in [0.25, 0.3) is 17.5 Å². The number of ether oxygens (including phenoxy) is 1. The standard InChI is InChI=1S/C20H16BrNO3/c1-14-18(22-20(25-14)16-5-3-2-4-6-16)13-24-19(23)12-9-15-7-10-17(21)11-8-15/h2-12H,13H2,1H3/b12-9+. The van der Waals surface area contributed by atoms with Crippen molar-refractivity contribution < 1.29 is 13.9 Å². The molecule has 0 atom stereocenters. The van der Waals surface area contributed by atoms with Gasteiger partial charge >= 0.3 is 5.97 Å². The maximum absolute atomic E-state index is 11.9. The zero-order valence-electron chi connectivity index (χ0n) is 13.6. The maximum Gasteiger partial charge on any atom is 0.331 e. The maximum atomic E-state index is 11.9. The number of halogens is 1. The molecule has 5 heteroatoms. The molecule has 0 unspecified atom stereocenters. The number of hydrogen-bond donors (Lipinski definition) is 0. The lowest BCUT2D eigenvalue weighted by molar-refractivity contribution is -0.139. The SMILES string of the molecule is Cc1oc(-c2ccccc2)nc1COC(=O)/C=C/c1ccc(Br)cc1. The first-order valence-electron chi connectivity index (χ1n) is 7.74. The lowest BCUT2D eigenvalue weighted by Crippen LogP contribution is -2.02. The third-order valence-corrected chi connectivity index (χ3v) is 4.08. The van der Waals surface area contributed by atoms with Gasteiger partial charge < -0.3 is 9.15 Å². The average Bonchev–Trinajstić information content (AvgIpc) is 3.01. The molecule has 2 aromatic carbocycles. The fourth-order valence-electron chi connectivity index (χ4n) is 2.19. The molecule has 0 aliphatic heterocycles. The van der Waals surface area contributed by atoms with Gasteiger partial charge in [0, 0.05) is 16.1 Å². The Bertz CT molecular complexity index is 883. The van der Waals surface area contributed by atoms with Crippen molar-refractivity contribution in [2.75, 3.05) is 0 Å². The van der Waals surface area contributed by atoms with Crippen LogP contribution >= 0.6 is 15.9 Å². The van der Waals surface area contributed by atoms with Gasteiger partial charge in [-0.15, -0.1) is 0 Å². The van der Waals surface area contributed by atoms with Crippen LogP contribution in [0.4, 0.5) is 0 Å². The second-order valence-corrected chi connectivity index (χ2v) is 6.30. The van der Waals surface area contributed by atoms with E-state index in [9.17, 15) is 4.79 Å². The summed E-state index contributed by atoms with van der Waals surface area (Å²) in [5.74, 6) is 0.740. The molecule has 0 aliphatic carbocycles. The van der Waals surface area contributed by atoms with Gasteiger partial charge in [0.2, 0.25) is 5.89 Å². The molecule has 0 bridgehead atoms. The summed E-state index contributed by atoms with van der Waals surface area (Å²) in [6.07, 6.45) is 3.11. The molecule has 3 rings (SSSR count). The van der Waals surface area contributed by atoms with Crippen LogP contribution in [0.1, 0.15) is 17.0 Å². The minimum atomic E-state index is -0.424. The first-order valence-corrected chi connectivity index (χ1v) is 8.53. The Kier molecular flexibility index (Phi) is 5.46. The van der Waals surface area contributed by atoms with Crippen LogP contribution in [0, 0.1) is 6.92 Å². The van der Waals surface area contributed by atoms with Crippen LogP contribution in [0.2, 0.25) is 0 Å². The molecule has 4 nitrogen and oxygen atoms in total. The van der Waals surface area contributed by atoms with Crippen LogP contribution in [-0.4, -0.2) is 11.0 Å². The van der Waals surface area contributed by atoms with Gasteiger partial charge in [-0.05, 0) is 42.8 Å². The quantitative estimate of drug-likeness (QED) is 0.440. The largest absolute Gasteiger partial charge is 0.456 e. The van der Waals surface area contributed by atoms with E-state index in [0.29, 0.717) is 17.3 Å². The van der Waals surface area contributed by atoms with Crippen LogP contribution in [0.5, 0.6) is 0 Å². The van der Waals surface area contributed by atoms with Crippen molar-refractivity contribution >= 4 is 28.0 Å². The van der Waals surface area contributed by atoms with Crippen LogP contribution < -0.4 is 0 Å². The highest BCUT2D eigenvalue weighted by atomic mass is 79.9. The number of hydrogen-bond acceptors (Lipinski definition) is 4. The predicted molar refractivity (Wildman–Crippen MR) is 99.6 cm³/mol. The van der Waals surface area contributed by atoms with Crippen molar-refractivity contribution in [1.29, 1.82) is 0 Å². The lowest BCUT2D eigenvalue weighted by atomic mass is 10.2. The Morgan fingerprint density at radius 1 is 1.16 bits per heavy atom. The highest BCUT2D eigenvalue weighted by Gasteiger charge is 2.12. The van der Waals surface area contributed by atoms with E-state index in [1.807, 2.05) is 54.6 Å². The van der Waals surface area contributed by atoms with E-state index in [2.05, 4.69) is 20.9 Å². The molecule has 0 N–H and O–H groups in total. The fourth-order valence-corrected chi connectivity index (χ4v) is 2.46. The summed E-state index contributed by atoms with van der Waals surface area (Å²) >= 11 is 3.37. The second-order valence-electron chi connectivity index (χ2n) is 5.38. The number of rotatable bonds is 5. The smallest absolute Gasteiger partial charge is 0.331 e. The molecule has 0 radical (unpaired) electrons. The predicted octanol–water partition coefficient (Wildman–Crippen LogP) is 5.17. The van der Waals surface area contributed by atoms with E-state index in [1.54, 1.807) is 13.0 Å². The summed E-state index contributed by atoms with van der Waals surface area (Å²) in [4.78, 5) is 16.3. The molecule has 1 aromatic heterocycles. The van der Waals surface area contributed by atoms with Crippen LogP contribution in [0.3, 0.4) is 0 Å². The number of nitrogens with zero attached hydrogens (tertiary/aromatic N) is 1. The lowest BCUT2D eigenvalue weighted by Gasteiger charge is -1.99. The number of benzene rings is 2. The molecule has 0 saturated carbocycles. The highest BCUT2D eigenvalue weighted by molar-refractivity contribution is 9.10. The Labute approximate surface area is 154 Å². The molecule has 1 heterocycles.